The lowest BCUT2D eigenvalue weighted by Gasteiger charge is -2.26. The van der Waals surface area contributed by atoms with E-state index < -0.39 is 6.09 Å². The van der Waals surface area contributed by atoms with Gasteiger partial charge in [0.2, 0.25) is 5.91 Å². The molecule has 0 spiro atoms. The van der Waals surface area contributed by atoms with Crippen molar-refractivity contribution in [3.63, 3.8) is 0 Å². The molecule has 0 unspecified atom stereocenters. The lowest BCUT2D eigenvalue weighted by Crippen LogP contribution is -2.35. The zero-order valence-corrected chi connectivity index (χ0v) is 19.6. The van der Waals surface area contributed by atoms with Crippen LogP contribution in [0, 0.1) is 11.3 Å². The maximum Gasteiger partial charge on any atom is 0.410 e. The first kappa shape index (κ1) is 23.3. The highest BCUT2D eigenvalue weighted by Crippen LogP contribution is 2.37. The number of benzene rings is 1. The largest absolute Gasteiger partial charge is 0.497 e. The number of amides is 2. The van der Waals surface area contributed by atoms with Crippen molar-refractivity contribution in [1.82, 2.24) is 9.88 Å². The molecular formula is C25H24N4O4S. The molecule has 0 saturated carbocycles. The maximum absolute atomic E-state index is 12.6. The van der Waals surface area contributed by atoms with Crippen LogP contribution < -0.4 is 10.1 Å². The minimum atomic E-state index is -0.404. The Morgan fingerprint density at radius 1 is 1.24 bits per heavy atom. The number of pyridine rings is 1. The van der Waals surface area contributed by atoms with Gasteiger partial charge in [0.25, 0.3) is 0 Å². The van der Waals surface area contributed by atoms with Gasteiger partial charge < -0.3 is 19.7 Å². The SMILES string of the molecule is COc1cccc(CCC(=O)Nc2sc3c(c2C#N)CCN(C(=O)OCc2ccncc2)C3)c1. The Morgan fingerprint density at radius 2 is 2.06 bits per heavy atom. The number of nitriles is 1. The number of rotatable bonds is 7. The lowest BCUT2D eigenvalue weighted by molar-refractivity contribution is -0.116. The molecule has 3 heterocycles. The molecule has 0 bridgehead atoms. The zero-order chi connectivity index (χ0) is 23.9. The third-order valence-electron chi connectivity index (χ3n) is 5.57. The van der Waals surface area contributed by atoms with E-state index in [1.165, 1.54) is 11.3 Å². The summed E-state index contributed by atoms with van der Waals surface area (Å²) in [5.74, 6) is 0.589. The molecule has 1 aliphatic heterocycles. The van der Waals surface area contributed by atoms with E-state index in [2.05, 4.69) is 16.4 Å². The van der Waals surface area contributed by atoms with Crippen molar-refractivity contribution in [2.75, 3.05) is 19.0 Å². The second kappa shape index (κ2) is 10.8. The smallest absolute Gasteiger partial charge is 0.410 e. The van der Waals surface area contributed by atoms with E-state index in [1.54, 1.807) is 36.5 Å². The molecule has 1 N–H and O–H groups in total. The standard InChI is InChI=1S/C25H24N4O4S/c1-32-19-4-2-3-17(13-19)5-6-23(30)28-24-21(14-26)20-9-12-29(15-22(20)34-24)25(31)33-16-18-7-10-27-11-8-18/h2-4,7-8,10-11,13H,5-6,9,12,15-16H2,1H3,(H,28,30). The van der Waals surface area contributed by atoms with E-state index in [0.29, 0.717) is 36.5 Å². The number of ether oxygens (including phenoxy) is 2. The average molecular weight is 477 g/mol. The van der Waals surface area contributed by atoms with Crippen LogP contribution in [-0.2, 0) is 35.5 Å². The summed E-state index contributed by atoms with van der Waals surface area (Å²) in [6.45, 7) is 0.980. The highest BCUT2D eigenvalue weighted by molar-refractivity contribution is 7.16. The first-order valence-electron chi connectivity index (χ1n) is 10.9. The summed E-state index contributed by atoms with van der Waals surface area (Å²) in [7, 11) is 1.61. The Labute approximate surface area is 201 Å². The topological polar surface area (TPSA) is 105 Å². The molecule has 34 heavy (non-hydrogen) atoms. The average Bonchev–Trinajstić information content (AvgIpc) is 3.22. The number of hydrogen-bond donors (Lipinski definition) is 1. The van der Waals surface area contributed by atoms with Crippen molar-refractivity contribution in [3.8, 4) is 11.8 Å². The maximum atomic E-state index is 12.6. The van der Waals surface area contributed by atoms with Gasteiger partial charge in [0.1, 0.15) is 23.4 Å². The summed E-state index contributed by atoms with van der Waals surface area (Å²) in [6, 6.07) is 13.4. The third kappa shape index (κ3) is 5.53. The molecule has 9 heteroatoms. The van der Waals surface area contributed by atoms with Crippen molar-refractivity contribution in [3.05, 3.63) is 75.9 Å². The first-order chi connectivity index (χ1) is 16.6. The Bertz CT molecular complexity index is 1220. The van der Waals surface area contributed by atoms with Gasteiger partial charge in [-0.1, -0.05) is 12.1 Å². The minimum absolute atomic E-state index is 0.161. The van der Waals surface area contributed by atoms with Crippen LogP contribution in [0.4, 0.5) is 9.80 Å². The zero-order valence-electron chi connectivity index (χ0n) is 18.7. The molecule has 3 aromatic rings. The number of thiophene rings is 1. The van der Waals surface area contributed by atoms with Gasteiger partial charge in [-0.15, -0.1) is 11.3 Å². The molecule has 0 saturated heterocycles. The fraction of sp³-hybridized carbons (Fsp3) is 0.280. The van der Waals surface area contributed by atoms with Crippen LogP contribution >= 0.6 is 11.3 Å². The fourth-order valence-electron chi connectivity index (χ4n) is 3.76. The van der Waals surface area contributed by atoms with Crippen LogP contribution in [0.15, 0.2) is 48.8 Å². The van der Waals surface area contributed by atoms with Crippen molar-refractivity contribution in [1.29, 1.82) is 5.26 Å². The highest BCUT2D eigenvalue weighted by Gasteiger charge is 2.28. The van der Waals surface area contributed by atoms with Gasteiger partial charge in [-0.2, -0.15) is 5.26 Å². The van der Waals surface area contributed by atoms with E-state index in [4.69, 9.17) is 9.47 Å². The molecule has 4 rings (SSSR count). The quantitative estimate of drug-likeness (QED) is 0.546. The number of methoxy groups -OCH3 is 1. The van der Waals surface area contributed by atoms with E-state index in [9.17, 15) is 14.9 Å². The monoisotopic (exact) mass is 476 g/mol. The molecule has 1 aromatic carbocycles. The molecule has 174 valence electrons. The number of anilines is 1. The fourth-order valence-corrected chi connectivity index (χ4v) is 4.99. The molecule has 0 fully saturated rings. The molecular weight excluding hydrogens is 452 g/mol. The Morgan fingerprint density at radius 3 is 2.82 bits per heavy atom. The van der Waals surface area contributed by atoms with Crippen molar-refractivity contribution in [2.45, 2.75) is 32.4 Å². The van der Waals surface area contributed by atoms with Crippen molar-refractivity contribution >= 4 is 28.3 Å². The number of nitrogens with zero attached hydrogens (tertiary/aromatic N) is 3. The second-order valence-corrected chi connectivity index (χ2v) is 8.91. The third-order valence-corrected chi connectivity index (χ3v) is 6.70. The number of aryl methyl sites for hydroxylation is 1. The van der Waals surface area contributed by atoms with Crippen LogP contribution in [0.3, 0.4) is 0 Å². The van der Waals surface area contributed by atoms with E-state index in [1.807, 2.05) is 24.3 Å². The van der Waals surface area contributed by atoms with Gasteiger partial charge in [-0.3, -0.25) is 9.78 Å². The van der Waals surface area contributed by atoms with Crippen molar-refractivity contribution in [2.24, 2.45) is 0 Å². The van der Waals surface area contributed by atoms with Crippen LogP contribution in [0.2, 0.25) is 0 Å². The Kier molecular flexibility index (Phi) is 7.40. The number of carbonyl (C=O) groups excluding carboxylic acids is 2. The summed E-state index contributed by atoms with van der Waals surface area (Å²) in [4.78, 5) is 31.6. The molecule has 0 aliphatic carbocycles. The summed E-state index contributed by atoms with van der Waals surface area (Å²) >= 11 is 1.35. The van der Waals surface area contributed by atoms with Gasteiger partial charge in [-0.05, 0) is 53.8 Å². The Hall–Kier alpha value is -3.90. The predicted molar refractivity (Wildman–Crippen MR) is 128 cm³/mol. The van der Waals surface area contributed by atoms with Gasteiger partial charge in [0.15, 0.2) is 0 Å². The van der Waals surface area contributed by atoms with Crippen molar-refractivity contribution < 1.29 is 19.1 Å². The summed E-state index contributed by atoms with van der Waals surface area (Å²) in [5, 5.41) is 13.1. The van der Waals surface area contributed by atoms with Gasteiger partial charge >= 0.3 is 6.09 Å². The molecule has 0 atom stereocenters. The van der Waals surface area contributed by atoms with Gasteiger partial charge in [0, 0.05) is 30.2 Å². The predicted octanol–water partition coefficient (Wildman–Crippen LogP) is 4.29. The number of hydrogen-bond acceptors (Lipinski definition) is 7. The number of nitrogens with one attached hydrogen (secondary N) is 1. The van der Waals surface area contributed by atoms with Gasteiger partial charge in [0.05, 0.1) is 19.2 Å². The summed E-state index contributed by atoms with van der Waals surface area (Å²) in [5.41, 5.74) is 3.25. The highest BCUT2D eigenvalue weighted by atomic mass is 32.1. The number of fused-ring (bicyclic) bond motifs is 1. The molecule has 1 aliphatic rings. The Balaban J connectivity index is 1.36. The molecule has 2 amide bonds. The molecule has 0 radical (unpaired) electrons. The van der Waals surface area contributed by atoms with Crippen LogP contribution in [0.5, 0.6) is 5.75 Å². The number of carbonyl (C=O) groups is 2. The van der Waals surface area contributed by atoms with Gasteiger partial charge in [-0.25, -0.2) is 4.79 Å². The van der Waals surface area contributed by atoms with E-state index in [-0.39, 0.29) is 18.9 Å². The summed E-state index contributed by atoms with van der Waals surface area (Å²) < 4.78 is 10.6. The van der Waals surface area contributed by atoms with E-state index in [0.717, 1.165) is 27.3 Å². The van der Waals surface area contributed by atoms with Crippen LogP contribution in [0.1, 0.15) is 33.6 Å². The number of aromatic nitrogens is 1. The van der Waals surface area contributed by atoms with Crippen LogP contribution in [0.25, 0.3) is 0 Å². The second-order valence-electron chi connectivity index (χ2n) is 7.80. The summed E-state index contributed by atoms with van der Waals surface area (Å²) in [6.07, 6.45) is 4.29. The van der Waals surface area contributed by atoms with Crippen LogP contribution in [-0.4, -0.2) is 35.5 Å². The molecule has 8 nitrogen and oxygen atoms in total. The normalized spacial score (nSPS) is 12.4. The lowest BCUT2D eigenvalue weighted by atomic mass is 10.0. The minimum Gasteiger partial charge on any atom is -0.497 e. The first-order valence-corrected chi connectivity index (χ1v) is 11.7. The molecule has 2 aromatic heterocycles. The van der Waals surface area contributed by atoms with E-state index >= 15 is 0 Å².